The van der Waals surface area contributed by atoms with E-state index in [0.29, 0.717) is 35.6 Å². The number of methoxy groups -OCH3 is 1. The number of anilines is 1. The molecule has 0 unspecified atom stereocenters. The Bertz CT molecular complexity index is 1050. The highest BCUT2D eigenvalue weighted by Gasteiger charge is 2.18. The topological polar surface area (TPSA) is 85.2 Å². The van der Waals surface area contributed by atoms with Crippen LogP contribution >= 0.6 is 0 Å². The highest BCUT2D eigenvalue weighted by atomic mass is 19.1. The van der Waals surface area contributed by atoms with Gasteiger partial charge in [0.15, 0.2) is 0 Å². The Morgan fingerprint density at radius 3 is 2.79 bits per heavy atom. The minimum atomic E-state index is -0.567. The van der Waals surface area contributed by atoms with Crippen LogP contribution in [0, 0.1) is 5.82 Å². The molecule has 2 N–H and O–H groups in total. The first-order valence-electron chi connectivity index (χ1n) is 8.81. The van der Waals surface area contributed by atoms with Crippen LogP contribution in [0.1, 0.15) is 18.8 Å². The van der Waals surface area contributed by atoms with Crippen molar-refractivity contribution in [1.29, 1.82) is 0 Å². The summed E-state index contributed by atoms with van der Waals surface area (Å²) in [6.45, 7) is 2.36. The van der Waals surface area contributed by atoms with E-state index in [-0.39, 0.29) is 5.56 Å². The van der Waals surface area contributed by atoms with Gasteiger partial charge in [-0.1, -0.05) is 18.2 Å². The van der Waals surface area contributed by atoms with E-state index in [1.807, 2.05) is 0 Å². The summed E-state index contributed by atoms with van der Waals surface area (Å²) in [5.41, 5.74) is 0.681. The SMILES string of the molecule is COCCn1c([C@H](C)NC(=O)Nc2cccc(F)c2)nc2ccccc2c1=O. The number of para-hydroxylation sites is 1. The van der Waals surface area contributed by atoms with Crippen LogP contribution in [-0.2, 0) is 11.3 Å². The number of halogens is 1. The van der Waals surface area contributed by atoms with Gasteiger partial charge < -0.3 is 15.4 Å². The highest BCUT2D eigenvalue weighted by Crippen LogP contribution is 2.15. The van der Waals surface area contributed by atoms with Crippen molar-refractivity contribution >= 4 is 22.6 Å². The summed E-state index contributed by atoms with van der Waals surface area (Å²) in [7, 11) is 1.55. The van der Waals surface area contributed by atoms with Gasteiger partial charge in [0, 0.05) is 12.8 Å². The largest absolute Gasteiger partial charge is 0.383 e. The Balaban J connectivity index is 1.88. The molecule has 8 heteroatoms. The van der Waals surface area contributed by atoms with Crippen LogP contribution in [0.25, 0.3) is 10.9 Å². The van der Waals surface area contributed by atoms with Crippen molar-refractivity contribution in [3.8, 4) is 0 Å². The van der Waals surface area contributed by atoms with Crippen molar-refractivity contribution in [3.05, 3.63) is 70.5 Å². The lowest BCUT2D eigenvalue weighted by atomic mass is 10.2. The second-order valence-corrected chi connectivity index (χ2v) is 6.27. The fourth-order valence-corrected chi connectivity index (χ4v) is 2.91. The average Bonchev–Trinajstić information content (AvgIpc) is 2.67. The third-order valence-corrected chi connectivity index (χ3v) is 4.23. The zero-order chi connectivity index (χ0) is 20.1. The van der Waals surface area contributed by atoms with Gasteiger partial charge >= 0.3 is 6.03 Å². The second-order valence-electron chi connectivity index (χ2n) is 6.27. The molecular formula is C20H21FN4O3. The van der Waals surface area contributed by atoms with Crippen LogP contribution in [0.15, 0.2) is 53.3 Å². The molecule has 0 aliphatic carbocycles. The Labute approximate surface area is 161 Å². The minimum Gasteiger partial charge on any atom is -0.383 e. The third kappa shape index (κ3) is 4.34. The number of carbonyl (C=O) groups is 1. The smallest absolute Gasteiger partial charge is 0.319 e. The van der Waals surface area contributed by atoms with Gasteiger partial charge in [-0.15, -0.1) is 0 Å². The molecule has 1 aromatic heterocycles. The van der Waals surface area contributed by atoms with Crippen molar-refractivity contribution in [1.82, 2.24) is 14.9 Å². The maximum absolute atomic E-state index is 13.3. The van der Waals surface area contributed by atoms with E-state index in [9.17, 15) is 14.0 Å². The number of nitrogens with zero attached hydrogens (tertiary/aromatic N) is 2. The Morgan fingerprint density at radius 2 is 2.04 bits per heavy atom. The molecule has 0 aliphatic heterocycles. The first-order valence-corrected chi connectivity index (χ1v) is 8.81. The molecule has 7 nitrogen and oxygen atoms in total. The van der Waals surface area contributed by atoms with E-state index >= 15 is 0 Å². The van der Waals surface area contributed by atoms with E-state index in [0.717, 1.165) is 0 Å². The van der Waals surface area contributed by atoms with Crippen molar-refractivity contribution < 1.29 is 13.9 Å². The molecule has 2 amide bonds. The number of rotatable bonds is 6. The van der Waals surface area contributed by atoms with Crippen LogP contribution in [-0.4, -0.2) is 29.3 Å². The minimum absolute atomic E-state index is 0.197. The number of fused-ring (bicyclic) bond motifs is 1. The Hall–Kier alpha value is -3.26. The third-order valence-electron chi connectivity index (χ3n) is 4.23. The lowest BCUT2D eigenvalue weighted by Crippen LogP contribution is -2.36. The predicted octanol–water partition coefficient (Wildman–Crippen LogP) is 3.06. The standard InChI is InChI=1S/C20H21FN4O3/c1-13(22-20(27)23-15-7-5-6-14(21)12-15)18-24-17-9-4-3-8-16(17)19(26)25(18)10-11-28-2/h3-9,12-13H,10-11H2,1-2H3,(H2,22,23,27)/t13-/m0/s1. The van der Waals surface area contributed by atoms with Gasteiger partial charge in [0.1, 0.15) is 11.6 Å². The lowest BCUT2D eigenvalue weighted by Gasteiger charge is -2.19. The van der Waals surface area contributed by atoms with Crippen LogP contribution < -0.4 is 16.2 Å². The summed E-state index contributed by atoms with van der Waals surface area (Å²) >= 11 is 0. The molecule has 3 rings (SSSR count). The molecule has 1 atom stereocenters. The van der Waals surface area contributed by atoms with E-state index in [4.69, 9.17) is 4.74 Å². The Morgan fingerprint density at radius 1 is 1.25 bits per heavy atom. The number of hydrogen-bond acceptors (Lipinski definition) is 4. The van der Waals surface area contributed by atoms with Gasteiger partial charge in [-0.3, -0.25) is 9.36 Å². The molecule has 0 spiro atoms. The number of aromatic nitrogens is 2. The molecule has 0 aliphatic rings. The van der Waals surface area contributed by atoms with Gasteiger partial charge in [0.05, 0.1) is 30.1 Å². The van der Waals surface area contributed by atoms with Crippen molar-refractivity contribution in [2.45, 2.75) is 19.5 Å². The van der Waals surface area contributed by atoms with E-state index in [2.05, 4.69) is 15.6 Å². The summed E-state index contributed by atoms with van der Waals surface area (Å²) in [5.74, 6) is -0.0365. The number of amides is 2. The highest BCUT2D eigenvalue weighted by molar-refractivity contribution is 5.89. The molecule has 28 heavy (non-hydrogen) atoms. The van der Waals surface area contributed by atoms with E-state index in [1.165, 1.54) is 22.8 Å². The van der Waals surface area contributed by atoms with Gasteiger partial charge in [0.25, 0.3) is 5.56 Å². The summed E-state index contributed by atoms with van der Waals surface area (Å²) in [4.78, 5) is 29.7. The zero-order valence-corrected chi connectivity index (χ0v) is 15.6. The van der Waals surface area contributed by atoms with Crippen LogP contribution in [0.5, 0.6) is 0 Å². The number of urea groups is 1. The average molecular weight is 384 g/mol. The van der Waals surface area contributed by atoms with Gasteiger partial charge in [-0.05, 0) is 37.3 Å². The number of ether oxygens (including phenoxy) is 1. The van der Waals surface area contributed by atoms with Crippen LogP contribution in [0.4, 0.5) is 14.9 Å². The van der Waals surface area contributed by atoms with Crippen LogP contribution in [0.2, 0.25) is 0 Å². The van der Waals surface area contributed by atoms with Crippen molar-refractivity contribution in [2.75, 3.05) is 19.0 Å². The molecule has 3 aromatic rings. The number of hydrogen-bond donors (Lipinski definition) is 2. The summed E-state index contributed by atoms with van der Waals surface area (Å²) in [6, 6.07) is 11.5. The molecule has 0 saturated heterocycles. The van der Waals surface area contributed by atoms with Gasteiger partial charge in [-0.2, -0.15) is 0 Å². The summed E-state index contributed by atoms with van der Waals surface area (Å²) in [5, 5.41) is 5.80. The molecule has 2 aromatic carbocycles. The van der Waals surface area contributed by atoms with Gasteiger partial charge in [0.2, 0.25) is 0 Å². The number of benzene rings is 2. The second kappa shape index (κ2) is 8.62. The first-order chi connectivity index (χ1) is 13.5. The van der Waals surface area contributed by atoms with E-state index < -0.39 is 17.9 Å². The first kappa shape index (κ1) is 19.5. The maximum Gasteiger partial charge on any atom is 0.319 e. The molecule has 0 saturated carbocycles. The van der Waals surface area contributed by atoms with E-state index in [1.54, 1.807) is 44.4 Å². The molecule has 1 heterocycles. The summed E-state index contributed by atoms with van der Waals surface area (Å²) in [6.07, 6.45) is 0. The number of nitrogens with one attached hydrogen (secondary N) is 2. The normalized spacial score (nSPS) is 12.0. The fourth-order valence-electron chi connectivity index (χ4n) is 2.91. The molecule has 0 bridgehead atoms. The lowest BCUT2D eigenvalue weighted by molar-refractivity contribution is 0.184. The van der Waals surface area contributed by atoms with Crippen LogP contribution in [0.3, 0.4) is 0 Å². The Kier molecular flexibility index (Phi) is 6.00. The molecule has 146 valence electrons. The number of carbonyl (C=O) groups excluding carboxylic acids is 1. The quantitative estimate of drug-likeness (QED) is 0.684. The summed E-state index contributed by atoms with van der Waals surface area (Å²) < 4.78 is 19.9. The molecule has 0 radical (unpaired) electrons. The van der Waals surface area contributed by atoms with Gasteiger partial charge in [-0.25, -0.2) is 14.2 Å². The van der Waals surface area contributed by atoms with Crippen molar-refractivity contribution in [3.63, 3.8) is 0 Å². The maximum atomic E-state index is 13.3. The molecule has 0 fully saturated rings. The zero-order valence-electron chi connectivity index (χ0n) is 15.6. The molecular weight excluding hydrogens is 363 g/mol. The van der Waals surface area contributed by atoms with Crippen molar-refractivity contribution in [2.24, 2.45) is 0 Å². The fraction of sp³-hybridized carbons (Fsp3) is 0.250. The monoisotopic (exact) mass is 384 g/mol. The predicted molar refractivity (Wildman–Crippen MR) is 105 cm³/mol.